The number of amides is 1. The van der Waals surface area contributed by atoms with Crippen LogP contribution < -0.4 is 5.73 Å². The van der Waals surface area contributed by atoms with Crippen molar-refractivity contribution in [3.8, 4) is 0 Å². The standard InChI is InChI=1S/C15H22N2O3/c1-19-10-12-5-3-4-11(6-12)8-17-9-13(20-2)7-14(17)15(16)18/h3-6,13-14H,7-10H2,1-2H3,(H2,16,18)/t13-,14-/m0/s1. The fourth-order valence-electron chi connectivity index (χ4n) is 2.72. The van der Waals surface area contributed by atoms with Gasteiger partial charge in [-0.05, 0) is 17.5 Å². The summed E-state index contributed by atoms with van der Waals surface area (Å²) in [6.45, 7) is 2.03. The monoisotopic (exact) mass is 278 g/mol. The summed E-state index contributed by atoms with van der Waals surface area (Å²) < 4.78 is 10.5. The fourth-order valence-corrected chi connectivity index (χ4v) is 2.72. The summed E-state index contributed by atoms with van der Waals surface area (Å²) >= 11 is 0. The molecule has 0 unspecified atom stereocenters. The number of hydrogen-bond acceptors (Lipinski definition) is 4. The first-order valence-electron chi connectivity index (χ1n) is 6.77. The lowest BCUT2D eigenvalue weighted by molar-refractivity contribution is -0.122. The van der Waals surface area contributed by atoms with Crippen LogP contribution >= 0.6 is 0 Å². The summed E-state index contributed by atoms with van der Waals surface area (Å²) in [5.74, 6) is -0.280. The van der Waals surface area contributed by atoms with Crippen molar-refractivity contribution < 1.29 is 14.3 Å². The maximum atomic E-state index is 11.5. The van der Waals surface area contributed by atoms with E-state index in [1.165, 1.54) is 0 Å². The Balaban J connectivity index is 2.07. The summed E-state index contributed by atoms with van der Waals surface area (Å²) in [4.78, 5) is 13.6. The lowest BCUT2D eigenvalue weighted by atomic mass is 10.1. The zero-order chi connectivity index (χ0) is 14.5. The highest BCUT2D eigenvalue weighted by atomic mass is 16.5. The van der Waals surface area contributed by atoms with E-state index >= 15 is 0 Å². The normalized spacial score (nSPS) is 23.1. The first kappa shape index (κ1) is 15.0. The number of carbonyl (C=O) groups excluding carboxylic acids is 1. The SMILES string of the molecule is COCc1cccc(CN2C[C@@H](OC)C[C@H]2C(N)=O)c1. The van der Waals surface area contributed by atoms with Crippen LogP contribution in [-0.4, -0.2) is 43.7 Å². The molecule has 0 spiro atoms. The van der Waals surface area contributed by atoms with Gasteiger partial charge in [-0.1, -0.05) is 24.3 Å². The predicted molar refractivity (Wildman–Crippen MR) is 76.0 cm³/mol. The smallest absolute Gasteiger partial charge is 0.234 e. The molecule has 5 heteroatoms. The highest BCUT2D eigenvalue weighted by Crippen LogP contribution is 2.22. The van der Waals surface area contributed by atoms with Gasteiger partial charge >= 0.3 is 0 Å². The molecule has 0 bridgehead atoms. The van der Waals surface area contributed by atoms with Crippen molar-refractivity contribution in [3.63, 3.8) is 0 Å². The van der Waals surface area contributed by atoms with Crippen molar-refractivity contribution in [2.75, 3.05) is 20.8 Å². The number of carbonyl (C=O) groups is 1. The molecule has 1 fully saturated rings. The molecular formula is C15H22N2O3. The zero-order valence-electron chi connectivity index (χ0n) is 12.0. The van der Waals surface area contributed by atoms with E-state index in [4.69, 9.17) is 15.2 Å². The lowest BCUT2D eigenvalue weighted by Crippen LogP contribution is -2.39. The van der Waals surface area contributed by atoms with E-state index in [0.717, 1.165) is 17.7 Å². The number of primary amides is 1. The molecule has 2 N–H and O–H groups in total. The van der Waals surface area contributed by atoms with Crippen molar-refractivity contribution >= 4 is 5.91 Å². The Kier molecular flexibility index (Phi) is 5.11. The van der Waals surface area contributed by atoms with Crippen molar-refractivity contribution in [2.45, 2.75) is 31.7 Å². The van der Waals surface area contributed by atoms with Crippen LogP contribution in [0.25, 0.3) is 0 Å². The summed E-state index contributed by atoms with van der Waals surface area (Å²) in [5, 5.41) is 0. The van der Waals surface area contributed by atoms with Gasteiger partial charge in [-0.3, -0.25) is 9.69 Å². The van der Waals surface area contributed by atoms with Crippen LogP contribution in [0.3, 0.4) is 0 Å². The third-order valence-corrected chi connectivity index (χ3v) is 3.71. The highest BCUT2D eigenvalue weighted by molar-refractivity contribution is 5.80. The molecule has 1 aromatic carbocycles. The molecule has 1 amide bonds. The number of nitrogens with two attached hydrogens (primary N) is 1. The summed E-state index contributed by atoms with van der Waals surface area (Å²) in [6.07, 6.45) is 0.749. The molecule has 1 aromatic rings. The van der Waals surface area contributed by atoms with Crippen LogP contribution in [0.1, 0.15) is 17.5 Å². The lowest BCUT2D eigenvalue weighted by Gasteiger charge is -2.21. The molecule has 0 aliphatic carbocycles. The summed E-state index contributed by atoms with van der Waals surface area (Å²) in [5.41, 5.74) is 7.76. The molecule has 0 saturated carbocycles. The van der Waals surface area contributed by atoms with Gasteiger partial charge in [0.2, 0.25) is 5.91 Å². The fraction of sp³-hybridized carbons (Fsp3) is 0.533. The van der Waals surface area contributed by atoms with Crippen molar-refractivity contribution in [1.82, 2.24) is 4.90 Å². The van der Waals surface area contributed by atoms with E-state index in [1.54, 1.807) is 14.2 Å². The average Bonchev–Trinajstić information content (AvgIpc) is 2.83. The van der Waals surface area contributed by atoms with Gasteiger partial charge in [0, 0.05) is 27.3 Å². The molecule has 110 valence electrons. The third kappa shape index (κ3) is 3.56. The molecule has 20 heavy (non-hydrogen) atoms. The topological polar surface area (TPSA) is 64.8 Å². The number of ether oxygens (including phenoxy) is 2. The van der Waals surface area contributed by atoms with E-state index in [9.17, 15) is 4.79 Å². The van der Waals surface area contributed by atoms with Crippen LogP contribution in [0.2, 0.25) is 0 Å². The van der Waals surface area contributed by atoms with Crippen LogP contribution in [0, 0.1) is 0 Å². The van der Waals surface area contributed by atoms with Gasteiger partial charge in [-0.25, -0.2) is 0 Å². The number of nitrogens with zero attached hydrogens (tertiary/aromatic N) is 1. The number of rotatable bonds is 6. The van der Waals surface area contributed by atoms with Crippen LogP contribution in [0.15, 0.2) is 24.3 Å². The highest BCUT2D eigenvalue weighted by Gasteiger charge is 2.35. The number of likely N-dealkylation sites (tertiary alicyclic amines) is 1. The van der Waals surface area contributed by atoms with Crippen LogP contribution in [0.4, 0.5) is 0 Å². The first-order chi connectivity index (χ1) is 9.63. The van der Waals surface area contributed by atoms with Gasteiger partial charge in [0.05, 0.1) is 18.8 Å². The number of benzene rings is 1. The van der Waals surface area contributed by atoms with Crippen molar-refractivity contribution in [2.24, 2.45) is 5.73 Å². The Morgan fingerprint density at radius 1 is 1.40 bits per heavy atom. The third-order valence-electron chi connectivity index (χ3n) is 3.71. The molecule has 1 aliphatic rings. The Morgan fingerprint density at radius 2 is 2.15 bits per heavy atom. The number of methoxy groups -OCH3 is 2. The summed E-state index contributed by atoms with van der Waals surface area (Å²) in [6, 6.07) is 7.94. The van der Waals surface area contributed by atoms with Gasteiger partial charge in [-0.15, -0.1) is 0 Å². The Morgan fingerprint density at radius 3 is 2.80 bits per heavy atom. The molecular weight excluding hydrogens is 256 g/mol. The second-order valence-electron chi connectivity index (χ2n) is 5.19. The second kappa shape index (κ2) is 6.83. The molecule has 1 heterocycles. The van der Waals surface area contributed by atoms with E-state index in [0.29, 0.717) is 19.6 Å². The molecule has 2 rings (SSSR count). The van der Waals surface area contributed by atoms with Gasteiger partial charge in [0.15, 0.2) is 0 Å². The Labute approximate surface area is 119 Å². The van der Waals surface area contributed by atoms with E-state index in [1.807, 2.05) is 12.1 Å². The molecule has 0 radical (unpaired) electrons. The minimum Gasteiger partial charge on any atom is -0.380 e. The molecule has 1 saturated heterocycles. The molecule has 0 aromatic heterocycles. The minimum absolute atomic E-state index is 0.0784. The van der Waals surface area contributed by atoms with Gasteiger partial charge in [0.1, 0.15) is 0 Å². The van der Waals surface area contributed by atoms with Crippen molar-refractivity contribution in [3.05, 3.63) is 35.4 Å². The zero-order valence-corrected chi connectivity index (χ0v) is 12.0. The molecule has 1 aliphatic heterocycles. The largest absolute Gasteiger partial charge is 0.380 e. The number of hydrogen-bond donors (Lipinski definition) is 1. The van der Waals surface area contributed by atoms with Gasteiger partial charge < -0.3 is 15.2 Å². The average molecular weight is 278 g/mol. The minimum atomic E-state index is -0.280. The maximum Gasteiger partial charge on any atom is 0.234 e. The second-order valence-corrected chi connectivity index (χ2v) is 5.19. The van der Waals surface area contributed by atoms with Gasteiger partial charge in [0.25, 0.3) is 0 Å². The predicted octanol–water partition coefficient (Wildman–Crippen LogP) is 0.908. The van der Waals surface area contributed by atoms with E-state index < -0.39 is 0 Å². The van der Waals surface area contributed by atoms with Crippen molar-refractivity contribution in [1.29, 1.82) is 0 Å². The quantitative estimate of drug-likeness (QED) is 0.840. The molecule has 5 nitrogen and oxygen atoms in total. The maximum absolute atomic E-state index is 11.5. The van der Waals surface area contributed by atoms with E-state index in [-0.39, 0.29) is 18.1 Å². The Bertz CT molecular complexity index is 464. The van der Waals surface area contributed by atoms with E-state index in [2.05, 4.69) is 17.0 Å². The van der Waals surface area contributed by atoms with Gasteiger partial charge in [-0.2, -0.15) is 0 Å². The molecule has 2 atom stereocenters. The first-order valence-corrected chi connectivity index (χ1v) is 6.77. The Hall–Kier alpha value is -1.43. The van der Waals surface area contributed by atoms with Crippen LogP contribution in [0.5, 0.6) is 0 Å². The van der Waals surface area contributed by atoms with Crippen LogP contribution in [-0.2, 0) is 27.4 Å². The summed E-state index contributed by atoms with van der Waals surface area (Å²) in [7, 11) is 3.35.